The van der Waals surface area contributed by atoms with Gasteiger partial charge in [0, 0.05) is 4.88 Å². The molecule has 1 aliphatic carbocycles. The van der Waals surface area contributed by atoms with E-state index in [1.165, 1.54) is 55.6 Å². The average Bonchev–Trinajstić information content (AvgIpc) is 2.77. The van der Waals surface area contributed by atoms with Gasteiger partial charge in [-0.25, -0.2) is 4.98 Å². The normalized spacial score (nSPS) is 19.3. The Bertz CT molecular complexity index is 346. The Hall–Kier alpha value is -0.410. The number of unbranched alkanes of at least 4 members (excludes halogenated alkanes) is 1. The second-order valence-corrected chi connectivity index (χ2v) is 6.09. The lowest BCUT2D eigenvalue weighted by molar-refractivity contribution is 0.453. The topological polar surface area (TPSA) is 24.9 Å². The second-order valence-electron chi connectivity index (χ2n) is 4.92. The van der Waals surface area contributed by atoms with Crippen molar-refractivity contribution in [3.05, 3.63) is 15.6 Å². The third-order valence-electron chi connectivity index (χ3n) is 3.38. The lowest BCUT2D eigenvalue weighted by Gasteiger charge is -2.22. The number of thiazole rings is 1. The number of nitrogens with one attached hydrogen (secondary N) is 1. The summed E-state index contributed by atoms with van der Waals surface area (Å²) in [7, 11) is 0. The molecule has 0 spiro atoms. The SMILES string of the molecule is CCCCc1nc2c(s1)CCCC2NCCC. The Morgan fingerprint density at radius 2 is 2.24 bits per heavy atom. The van der Waals surface area contributed by atoms with E-state index in [0.717, 1.165) is 6.54 Å². The van der Waals surface area contributed by atoms with Crippen LogP contribution in [0.2, 0.25) is 0 Å². The van der Waals surface area contributed by atoms with Crippen LogP contribution in [0.5, 0.6) is 0 Å². The molecular weight excluding hydrogens is 228 g/mol. The van der Waals surface area contributed by atoms with Crippen LogP contribution in [-0.4, -0.2) is 11.5 Å². The van der Waals surface area contributed by atoms with Crippen molar-refractivity contribution in [1.82, 2.24) is 10.3 Å². The van der Waals surface area contributed by atoms with Crippen molar-refractivity contribution >= 4 is 11.3 Å². The summed E-state index contributed by atoms with van der Waals surface area (Å²) in [6, 6.07) is 0.533. The minimum atomic E-state index is 0.533. The van der Waals surface area contributed by atoms with Crippen molar-refractivity contribution in [2.75, 3.05) is 6.54 Å². The molecule has 1 aliphatic rings. The predicted molar refractivity (Wildman–Crippen MR) is 74.7 cm³/mol. The summed E-state index contributed by atoms with van der Waals surface area (Å²) < 4.78 is 0. The van der Waals surface area contributed by atoms with E-state index in [1.54, 1.807) is 4.88 Å². The molecule has 1 heterocycles. The van der Waals surface area contributed by atoms with Crippen LogP contribution in [-0.2, 0) is 12.8 Å². The summed E-state index contributed by atoms with van der Waals surface area (Å²) in [5, 5.41) is 5.00. The summed E-state index contributed by atoms with van der Waals surface area (Å²) >= 11 is 1.96. The summed E-state index contributed by atoms with van der Waals surface area (Å²) in [5.74, 6) is 0. The highest BCUT2D eigenvalue weighted by Crippen LogP contribution is 2.33. The largest absolute Gasteiger partial charge is 0.309 e. The standard InChI is InChI=1S/C14H24N2S/c1-3-5-9-13-16-14-11(15-10-4-2)7-6-8-12(14)17-13/h11,15H,3-10H2,1-2H3. The summed E-state index contributed by atoms with van der Waals surface area (Å²) in [5.41, 5.74) is 1.38. The first-order valence-electron chi connectivity index (χ1n) is 7.07. The molecule has 0 aromatic carbocycles. The van der Waals surface area contributed by atoms with Crippen LogP contribution in [0.1, 0.15) is 67.6 Å². The number of rotatable bonds is 6. The van der Waals surface area contributed by atoms with Gasteiger partial charge in [-0.2, -0.15) is 0 Å². The molecule has 1 unspecified atom stereocenters. The van der Waals surface area contributed by atoms with Crippen LogP contribution in [0, 0.1) is 0 Å². The molecule has 2 rings (SSSR count). The Labute approximate surface area is 109 Å². The fourth-order valence-corrected chi connectivity index (χ4v) is 3.63. The number of aromatic nitrogens is 1. The van der Waals surface area contributed by atoms with Gasteiger partial charge >= 0.3 is 0 Å². The number of fused-ring (bicyclic) bond motifs is 1. The molecule has 0 bridgehead atoms. The number of hydrogen-bond donors (Lipinski definition) is 1. The first-order chi connectivity index (χ1) is 8.35. The van der Waals surface area contributed by atoms with Crippen molar-refractivity contribution in [1.29, 1.82) is 0 Å². The molecule has 0 saturated heterocycles. The van der Waals surface area contributed by atoms with Crippen molar-refractivity contribution in [3.63, 3.8) is 0 Å². The Morgan fingerprint density at radius 3 is 3.00 bits per heavy atom. The van der Waals surface area contributed by atoms with Gasteiger partial charge in [0.25, 0.3) is 0 Å². The Balaban J connectivity index is 2.05. The Kier molecular flexibility index (Phi) is 4.99. The van der Waals surface area contributed by atoms with Crippen molar-refractivity contribution in [3.8, 4) is 0 Å². The first kappa shape index (κ1) is 13.0. The molecule has 1 aromatic rings. The Morgan fingerprint density at radius 1 is 1.35 bits per heavy atom. The number of aryl methyl sites for hydroxylation is 2. The molecule has 0 radical (unpaired) electrons. The van der Waals surface area contributed by atoms with E-state index in [2.05, 4.69) is 19.2 Å². The van der Waals surface area contributed by atoms with Crippen LogP contribution in [0.15, 0.2) is 0 Å². The fraction of sp³-hybridized carbons (Fsp3) is 0.786. The zero-order valence-electron chi connectivity index (χ0n) is 11.1. The van der Waals surface area contributed by atoms with Crippen molar-refractivity contribution in [2.45, 2.75) is 64.8 Å². The van der Waals surface area contributed by atoms with E-state index in [-0.39, 0.29) is 0 Å². The van der Waals surface area contributed by atoms with E-state index in [0.29, 0.717) is 6.04 Å². The van der Waals surface area contributed by atoms with Gasteiger partial charge in [0.1, 0.15) is 0 Å². The zero-order chi connectivity index (χ0) is 12.1. The molecule has 0 fully saturated rings. The maximum atomic E-state index is 4.88. The van der Waals surface area contributed by atoms with Gasteiger partial charge in [-0.15, -0.1) is 11.3 Å². The van der Waals surface area contributed by atoms with Crippen molar-refractivity contribution in [2.24, 2.45) is 0 Å². The van der Waals surface area contributed by atoms with Crippen LogP contribution < -0.4 is 5.32 Å². The van der Waals surface area contributed by atoms with Crippen LogP contribution >= 0.6 is 11.3 Å². The molecule has 1 atom stereocenters. The van der Waals surface area contributed by atoms with Gasteiger partial charge in [0.2, 0.25) is 0 Å². The second kappa shape index (κ2) is 6.50. The highest BCUT2D eigenvalue weighted by atomic mass is 32.1. The molecule has 3 heteroatoms. The fourth-order valence-electron chi connectivity index (χ4n) is 2.42. The number of nitrogens with zero attached hydrogens (tertiary/aromatic N) is 1. The van der Waals surface area contributed by atoms with Gasteiger partial charge in [-0.3, -0.25) is 0 Å². The van der Waals surface area contributed by atoms with Gasteiger partial charge < -0.3 is 5.32 Å². The predicted octanol–water partition coefficient (Wildman–Crippen LogP) is 3.86. The van der Waals surface area contributed by atoms with Gasteiger partial charge in [-0.05, 0) is 45.1 Å². The van der Waals surface area contributed by atoms with E-state index in [9.17, 15) is 0 Å². The van der Waals surface area contributed by atoms with E-state index >= 15 is 0 Å². The van der Waals surface area contributed by atoms with Gasteiger partial charge in [-0.1, -0.05) is 20.3 Å². The van der Waals surface area contributed by atoms with Crippen LogP contribution in [0.4, 0.5) is 0 Å². The van der Waals surface area contributed by atoms with E-state index < -0.39 is 0 Å². The maximum Gasteiger partial charge on any atom is 0.0931 e. The molecule has 0 aliphatic heterocycles. The summed E-state index contributed by atoms with van der Waals surface area (Å²) in [6.45, 7) is 5.59. The molecule has 0 saturated carbocycles. The molecule has 96 valence electrons. The van der Waals surface area contributed by atoms with Gasteiger partial charge in [0.15, 0.2) is 0 Å². The minimum Gasteiger partial charge on any atom is -0.309 e. The summed E-state index contributed by atoms with van der Waals surface area (Å²) in [4.78, 5) is 6.43. The molecule has 0 amide bonds. The quantitative estimate of drug-likeness (QED) is 0.831. The summed E-state index contributed by atoms with van der Waals surface area (Å²) in [6.07, 6.45) is 8.77. The molecule has 1 aromatic heterocycles. The lowest BCUT2D eigenvalue weighted by atomic mass is 9.97. The highest BCUT2D eigenvalue weighted by Gasteiger charge is 2.23. The third-order valence-corrected chi connectivity index (χ3v) is 4.57. The van der Waals surface area contributed by atoms with Crippen molar-refractivity contribution < 1.29 is 0 Å². The lowest BCUT2D eigenvalue weighted by Crippen LogP contribution is -2.25. The van der Waals surface area contributed by atoms with Crippen LogP contribution in [0.3, 0.4) is 0 Å². The monoisotopic (exact) mass is 252 g/mol. The maximum absolute atomic E-state index is 4.88. The first-order valence-corrected chi connectivity index (χ1v) is 7.88. The third kappa shape index (κ3) is 3.29. The van der Waals surface area contributed by atoms with E-state index in [4.69, 9.17) is 4.98 Å². The molecule has 2 nitrogen and oxygen atoms in total. The van der Waals surface area contributed by atoms with Crippen LogP contribution in [0.25, 0.3) is 0 Å². The number of hydrogen-bond acceptors (Lipinski definition) is 3. The highest BCUT2D eigenvalue weighted by molar-refractivity contribution is 7.11. The minimum absolute atomic E-state index is 0.533. The molecular formula is C14H24N2S. The van der Waals surface area contributed by atoms with E-state index in [1.807, 2.05) is 11.3 Å². The zero-order valence-corrected chi connectivity index (χ0v) is 11.9. The molecule has 17 heavy (non-hydrogen) atoms. The van der Waals surface area contributed by atoms with Gasteiger partial charge in [0.05, 0.1) is 16.7 Å². The smallest absolute Gasteiger partial charge is 0.0931 e. The average molecular weight is 252 g/mol. The molecule has 1 N–H and O–H groups in total.